The molecule has 13 heavy (non-hydrogen) atoms. The Labute approximate surface area is 76.1 Å². The maximum absolute atomic E-state index is 10.8. The zero-order valence-electron chi connectivity index (χ0n) is 7.44. The van der Waals surface area contributed by atoms with Crippen molar-refractivity contribution >= 4 is 13.7 Å². The number of nitrogens with one attached hydrogen (secondary N) is 1. The van der Waals surface area contributed by atoms with Crippen molar-refractivity contribution < 1.29 is 23.4 Å². The third-order valence-corrected chi connectivity index (χ3v) is 1.84. The Morgan fingerprint density at radius 3 is 2.62 bits per heavy atom. The molecule has 6 nitrogen and oxygen atoms in total. The van der Waals surface area contributed by atoms with E-state index in [4.69, 9.17) is 4.89 Å². The minimum Gasteiger partial charge on any atom is -0.301 e. The number of carbonyl (C=O) groups is 1. The Morgan fingerprint density at radius 2 is 2.23 bits per heavy atom. The summed E-state index contributed by atoms with van der Waals surface area (Å²) in [5.74, 6) is -0.672. The highest BCUT2D eigenvalue weighted by Crippen LogP contribution is 2.41. The lowest BCUT2D eigenvalue weighted by molar-refractivity contribution is -0.124. The molecule has 0 saturated carbocycles. The fourth-order valence-electron chi connectivity index (χ4n) is 0.376. The fraction of sp³-hybridized carbons (Fsp3) is 0.500. The zero-order valence-corrected chi connectivity index (χ0v) is 8.34. The highest BCUT2D eigenvalue weighted by molar-refractivity contribution is 7.47. The molecular formula is C6H12NO5P. The Hall–Kier alpha value is -0.680. The van der Waals surface area contributed by atoms with Crippen molar-refractivity contribution in [1.82, 2.24) is 5.48 Å². The number of amides is 1. The predicted octanol–water partition coefficient (Wildman–Crippen LogP) is 0.747. The quantitative estimate of drug-likeness (QED) is 0.396. The second kappa shape index (κ2) is 5.14. The molecule has 0 saturated heterocycles. The van der Waals surface area contributed by atoms with Crippen LogP contribution in [0.4, 0.5) is 0 Å². The van der Waals surface area contributed by atoms with Gasteiger partial charge in [-0.05, 0) is 13.8 Å². The predicted molar refractivity (Wildman–Crippen MR) is 45.5 cm³/mol. The number of phosphoric acid groups is 1. The number of rotatable bonds is 5. The second-order valence-electron chi connectivity index (χ2n) is 2.19. The van der Waals surface area contributed by atoms with Crippen molar-refractivity contribution in [2.75, 3.05) is 6.61 Å². The van der Waals surface area contributed by atoms with Gasteiger partial charge < -0.3 is 4.89 Å². The molecular weight excluding hydrogens is 197 g/mol. The molecule has 0 aliphatic rings. The van der Waals surface area contributed by atoms with Gasteiger partial charge in [-0.3, -0.25) is 9.32 Å². The third-order valence-electron chi connectivity index (χ3n) is 0.934. The molecule has 1 atom stereocenters. The van der Waals surface area contributed by atoms with E-state index in [0.717, 1.165) is 0 Å². The Balaban J connectivity index is 3.95. The second-order valence-corrected chi connectivity index (χ2v) is 3.57. The maximum Gasteiger partial charge on any atom is 0.493 e. The van der Waals surface area contributed by atoms with Crippen LogP contribution in [-0.4, -0.2) is 17.4 Å². The summed E-state index contributed by atoms with van der Waals surface area (Å²) in [6, 6.07) is 0. The van der Waals surface area contributed by atoms with Gasteiger partial charge in [0.2, 0.25) is 0 Å². The van der Waals surface area contributed by atoms with Crippen LogP contribution in [0.5, 0.6) is 0 Å². The molecule has 76 valence electrons. The number of phosphoric ester groups is 1. The first-order valence-corrected chi connectivity index (χ1v) is 5.00. The van der Waals surface area contributed by atoms with E-state index in [-0.39, 0.29) is 12.2 Å². The SMILES string of the molecule is C=C(C)C(=O)NOP(=O)(O)OCC. The maximum atomic E-state index is 10.8. The van der Waals surface area contributed by atoms with Crippen LogP contribution in [0.25, 0.3) is 0 Å². The minimum absolute atomic E-state index is 0.0106. The molecule has 0 bridgehead atoms. The minimum atomic E-state index is -4.16. The molecule has 7 heteroatoms. The molecule has 0 spiro atoms. The van der Waals surface area contributed by atoms with E-state index in [0.29, 0.717) is 0 Å². The standard InChI is InChI=1S/C6H12NO5P/c1-4-11-13(9,10)12-7-6(8)5(2)3/h2,4H2,1,3H3,(H,7,8)(H,9,10). The molecule has 1 unspecified atom stereocenters. The molecule has 0 heterocycles. The lowest BCUT2D eigenvalue weighted by atomic mass is 10.3. The number of hydrogen-bond donors (Lipinski definition) is 2. The van der Waals surface area contributed by atoms with Crippen LogP contribution in [0.15, 0.2) is 12.2 Å². The Kier molecular flexibility index (Phi) is 4.87. The van der Waals surface area contributed by atoms with Gasteiger partial charge in [-0.15, -0.1) is 0 Å². The first-order chi connectivity index (χ1) is 5.89. The van der Waals surface area contributed by atoms with Gasteiger partial charge >= 0.3 is 7.82 Å². The summed E-state index contributed by atoms with van der Waals surface area (Å²) in [5, 5.41) is 0. The molecule has 0 aromatic heterocycles. The first kappa shape index (κ1) is 12.3. The van der Waals surface area contributed by atoms with E-state index in [1.165, 1.54) is 13.8 Å². The van der Waals surface area contributed by atoms with E-state index in [2.05, 4.69) is 15.7 Å². The molecule has 0 fully saturated rings. The highest BCUT2D eigenvalue weighted by atomic mass is 31.2. The van der Waals surface area contributed by atoms with Crippen molar-refractivity contribution in [3.05, 3.63) is 12.2 Å². The van der Waals surface area contributed by atoms with E-state index in [1.54, 1.807) is 5.48 Å². The van der Waals surface area contributed by atoms with Crippen LogP contribution in [0.3, 0.4) is 0 Å². The summed E-state index contributed by atoms with van der Waals surface area (Å²) in [7, 11) is -4.16. The van der Waals surface area contributed by atoms with Gasteiger partial charge in [0.15, 0.2) is 0 Å². The molecule has 0 aliphatic carbocycles. The summed E-state index contributed by atoms with van der Waals surface area (Å²) >= 11 is 0. The molecule has 0 aliphatic heterocycles. The summed E-state index contributed by atoms with van der Waals surface area (Å²) in [6.07, 6.45) is 0. The van der Waals surface area contributed by atoms with Crippen LogP contribution in [-0.2, 0) is 18.5 Å². The topological polar surface area (TPSA) is 84.9 Å². The van der Waals surface area contributed by atoms with Gasteiger partial charge in [-0.2, -0.15) is 4.62 Å². The van der Waals surface area contributed by atoms with Gasteiger partial charge in [0.25, 0.3) is 5.91 Å². The smallest absolute Gasteiger partial charge is 0.301 e. The summed E-state index contributed by atoms with van der Waals surface area (Å²) in [6.45, 7) is 6.26. The normalized spacial score (nSPS) is 14.7. The highest BCUT2D eigenvalue weighted by Gasteiger charge is 2.21. The lowest BCUT2D eigenvalue weighted by Gasteiger charge is -2.10. The van der Waals surface area contributed by atoms with Gasteiger partial charge in [0.05, 0.1) is 6.61 Å². The molecule has 1 amide bonds. The summed E-state index contributed by atoms with van der Waals surface area (Å²) in [5.41, 5.74) is 1.89. The van der Waals surface area contributed by atoms with Crippen LogP contribution >= 0.6 is 7.82 Å². The van der Waals surface area contributed by atoms with Crippen LogP contribution in [0.2, 0.25) is 0 Å². The monoisotopic (exact) mass is 209 g/mol. The lowest BCUT2D eigenvalue weighted by Crippen LogP contribution is -2.23. The van der Waals surface area contributed by atoms with E-state index in [1.807, 2.05) is 0 Å². The molecule has 0 rings (SSSR count). The van der Waals surface area contributed by atoms with Crippen LogP contribution in [0.1, 0.15) is 13.8 Å². The van der Waals surface area contributed by atoms with Crippen LogP contribution in [0, 0.1) is 0 Å². The summed E-state index contributed by atoms with van der Waals surface area (Å²) in [4.78, 5) is 19.6. The summed E-state index contributed by atoms with van der Waals surface area (Å²) < 4.78 is 19.2. The van der Waals surface area contributed by atoms with Crippen molar-refractivity contribution in [2.24, 2.45) is 0 Å². The van der Waals surface area contributed by atoms with Gasteiger partial charge in [-0.25, -0.2) is 10.0 Å². The van der Waals surface area contributed by atoms with E-state index < -0.39 is 13.7 Å². The van der Waals surface area contributed by atoms with Crippen molar-refractivity contribution in [3.63, 3.8) is 0 Å². The van der Waals surface area contributed by atoms with E-state index in [9.17, 15) is 9.36 Å². The van der Waals surface area contributed by atoms with Crippen molar-refractivity contribution in [3.8, 4) is 0 Å². The molecule has 0 aromatic rings. The first-order valence-electron chi connectivity index (χ1n) is 3.51. The fourth-order valence-corrected chi connectivity index (χ4v) is 0.953. The number of hydrogen-bond acceptors (Lipinski definition) is 4. The average Bonchev–Trinajstić information content (AvgIpc) is 2.00. The van der Waals surface area contributed by atoms with Gasteiger partial charge in [0, 0.05) is 5.57 Å². The van der Waals surface area contributed by atoms with E-state index >= 15 is 0 Å². The average molecular weight is 209 g/mol. The Bertz CT molecular complexity index is 251. The van der Waals surface area contributed by atoms with Gasteiger partial charge in [-0.1, -0.05) is 6.58 Å². The number of hydroxylamine groups is 1. The van der Waals surface area contributed by atoms with Crippen molar-refractivity contribution in [1.29, 1.82) is 0 Å². The Morgan fingerprint density at radius 1 is 1.69 bits per heavy atom. The zero-order chi connectivity index (χ0) is 10.5. The third kappa shape index (κ3) is 5.54. The van der Waals surface area contributed by atoms with Crippen molar-refractivity contribution in [2.45, 2.75) is 13.8 Å². The van der Waals surface area contributed by atoms with Gasteiger partial charge in [0.1, 0.15) is 0 Å². The molecule has 0 aromatic carbocycles. The molecule has 0 radical (unpaired) electrons. The molecule has 2 N–H and O–H groups in total. The van der Waals surface area contributed by atoms with Crippen LogP contribution < -0.4 is 5.48 Å². The number of carbonyl (C=O) groups excluding carboxylic acids is 1. The largest absolute Gasteiger partial charge is 0.493 e.